The lowest BCUT2D eigenvalue weighted by Crippen LogP contribution is -2.01. The zero-order valence-electron chi connectivity index (χ0n) is 12.8. The smallest absolute Gasteiger partial charge is 0.315 e. The Kier molecular flexibility index (Phi) is 5.52. The summed E-state index contributed by atoms with van der Waals surface area (Å²) in [6.45, 7) is 1.98. The molecular weight excluding hydrogens is 356 g/mol. The summed E-state index contributed by atoms with van der Waals surface area (Å²) in [5, 5.41) is 12.8. The molecule has 0 amide bonds. The van der Waals surface area contributed by atoms with Crippen LogP contribution in [-0.4, -0.2) is 33.3 Å². The minimum Gasteiger partial charge on any atom is -0.490 e. The van der Waals surface area contributed by atoms with Gasteiger partial charge in [0.05, 0.1) is 18.6 Å². The maximum absolute atomic E-state index is 12.0. The first-order valence-electron chi connectivity index (χ1n) is 6.72. The molecule has 2 rings (SSSR count). The van der Waals surface area contributed by atoms with Crippen LogP contribution in [0.2, 0.25) is 0 Å². The molecule has 0 saturated carbocycles. The lowest BCUT2D eigenvalue weighted by molar-refractivity contribution is -0.385. The molecule has 10 heteroatoms. The second kappa shape index (κ2) is 7.41. The Hall–Kier alpha value is -2.46. The molecule has 24 heavy (non-hydrogen) atoms. The van der Waals surface area contributed by atoms with Crippen LogP contribution in [0.3, 0.4) is 0 Å². The van der Waals surface area contributed by atoms with Crippen molar-refractivity contribution in [1.29, 1.82) is 0 Å². The number of sulfonamides is 1. The van der Waals surface area contributed by atoms with Gasteiger partial charge in [-0.05, 0) is 24.4 Å². The lowest BCUT2D eigenvalue weighted by atomic mass is 10.2. The van der Waals surface area contributed by atoms with Crippen LogP contribution in [0.5, 0.6) is 11.5 Å². The van der Waals surface area contributed by atoms with Crippen molar-refractivity contribution in [3.8, 4) is 11.5 Å². The number of nitro benzene ring substituents is 1. The largest absolute Gasteiger partial charge is 0.490 e. The molecule has 0 aliphatic carbocycles. The average Bonchev–Trinajstić information content (AvgIpc) is 3.08. The van der Waals surface area contributed by atoms with E-state index in [-0.39, 0.29) is 33.6 Å². The van der Waals surface area contributed by atoms with Crippen LogP contribution in [0, 0.1) is 10.1 Å². The molecule has 0 aliphatic heterocycles. The van der Waals surface area contributed by atoms with Gasteiger partial charge < -0.3 is 9.47 Å². The van der Waals surface area contributed by atoms with E-state index in [1.54, 1.807) is 18.4 Å². The third-order valence-corrected chi connectivity index (χ3v) is 5.46. The normalized spacial score (nSPS) is 11.6. The molecular formula is C14H14N2O6S2. The van der Waals surface area contributed by atoms with Gasteiger partial charge in [-0.15, -0.1) is 11.3 Å². The van der Waals surface area contributed by atoms with Crippen LogP contribution in [0.25, 0.3) is 0 Å². The van der Waals surface area contributed by atoms with Gasteiger partial charge in [-0.25, -0.2) is 0 Å². The van der Waals surface area contributed by atoms with E-state index in [1.165, 1.54) is 25.3 Å². The monoisotopic (exact) mass is 370 g/mol. The minimum absolute atomic E-state index is 0.0277. The van der Waals surface area contributed by atoms with Gasteiger partial charge in [0.2, 0.25) is 5.75 Å². The van der Waals surface area contributed by atoms with E-state index in [4.69, 9.17) is 9.47 Å². The number of benzene rings is 1. The Labute approximate surface area is 142 Å². The van der Waals surface area contributed by atoms with E-state index in [0.29, 0.717) is 0 Å². The number of ether oxygens (including phenoxy) is 2. The fraction of sp³-hybridized carbons (Fsp3) is 0.214. The molecule has 1 aromatic carbocycles. The number of methoxy groups -OCH3 is 1. The van der Waals surface area contributed by atoms with Crippen molar-refractivity contribution in [3.63, 3.8) is 0 Å². The molecule has 2 aromatic rings. The van der Waals surface area contributed by atoms with Crippen molar-refractivity contribution in [2.75, 3.05) is 13.7 Å². The Morgan fingerprint density at radius 3 is 2.71 bits per heavy atom. The zero-order chi connectivity index (χ0) is 17.7. The molecule has 0 radical (unpaired) electrons. The topological polar surface area (TPSA) is 108 Å². The molecule has 0 atom stereocenters. The third kappa shape index (κ3) is 3.89. The van der Waals surface area contributed by atoms with Crippen molar-refractivity contribution in [3.05, 3.63) is 45.3 Å². The fourth-order valence-corrected chi connectivity index (χ4v) is 3.72. The Morgan fingerprint density at radius 1 is 1.42 bits per heavy atom. The second-order valence-corrected chi connectivity index (χ2v) is 7.21. The zero-order valence-corrected chi connectivity index (χ0v) is 14.5. The number of nitro groups is 1. The van der Waals surface area contributed by atoms with Crippen molar-refractivity contribution >= 4 is 33.3 Å². The van der Waals surface area contributed by atoms with Gasteiger partial charge in [-0.2, -0.15) is 12.8 Å². The van der Waals surface area contributed by atoms with Crippen LogP contribution < -0.4 is 9.47 Å². The maximum Gasteiger partial charge on any atom is 0.315 e. The quantitative estimate of drug-likeness (QED) is 0.421. The second-order valence-electron chi connectivity index (χ2n) is 4.40. The number of hydrogen-bond donors (Lipinski definition) is 0. The van der Waals surface area contributed by atoms with E-state index in [1.807, 2.05) is 0 Å². The third-order valence-electron chi connectivity index (χ3n) is 2.85. The standard InChI is InChI=1S/C14H14N2O6S2/c1-3-22-12-8-10(7-11(16(17)18)14(12)21-2)9-15-24(19,20)13-5-4-6-23-13/h4-9H,3H2,1-2H3/b15-9-. The summed E-state index contributed by atoms with van der Waals surface area (Å²) in [7, 11) is -2.55. The molecule has 0 spiro atoms. The highest BCUT2D eigenvalue weighted by atomic mass is 32.2. The molecule has 0 N–H and O–H groups in total. The van der Waals surface area contributed by atoms with Crippen LogP contribution in [0.1, 0.15) is 12.5 Å². The van der Waals surface area contributed by atoms with Crippen LogP contribution in [-0.2, 0) is 10.0 Å². The molecule has 0 saturated heterocycles. The van der Waals surface area contributed by atoms with Crippen LogP contribution in [0.4, 0.5) is 5.69 Å². The maximum atomic E-state index is 12.0. The van der Waals surface area contributed by atoms with E-state index in [9.17, 15) is 18.5 Å². The highest BCUT2D eigenvalue weighted by Gasteiger charge is 2.22. The highest BCUT2D eigenvalue weighted by molar-refractivity contribution is 7.92. The fourth-order valence-electron chi connectivity index (χ4n) is 1.88. The van der Waals surface area contributed by atoms with E-state index < -0.39 is 14.9 Å². The number of rotatable bonds is 7. The first-order valence-corrected chi connectivity index (χ1v) is 9.04. The van der Waals surface area contributed by atoms with Gasteiger partial charge in [0, 0.05) is 17.8 Å². The summed E-state index contributed by atoms with van der Waals surface area (Å²) in [4.78, 5) is 10.6. The van der Waals surface area contributed by atoms with Crippen molar-refractivity contribution in [2.24, 2.45) is 4.40 Å². The van der Waals surface area contributed by atoms with Crippen molar-refractivity contribution in [1.82, 2.24) is 0 Å². The molecule has 1 heterocycles. The molecule has 0 unspecified atom stereocenters. The molecule has 128 valence electrons. The summed E-state index contributed by atoms with van der Waals surface area (Å²) in [5.41, 5.74) is -0.121. The molecule has 1 aromatic heterocycles. The first kappa shape index (κ1) is 17.9. The van der Waals surface area contributed by atoms with Gasteiger partial charge in [-0.3, -0.25) is 10.1 Å². The van der Waals surface area contributed by atoms with Gasteiger partial charge in [0.15, 0.2) is 5.75 Å². The van der Waals surface area contributed by atoms with E-state index in [2.05, 4.69) is 4.40 Å². The predicted molar refractivity (Wildman–Crippen MR) is 89.9 cm³/mol. The predicted octanol–water partition coefficient (Wildman–Crippen LogP) is 2.87. The Bertz CT molecular complexity index is 860. The van der Waals surface area contributed by atoms with Crippen molar-refractivity contribution < 1.29 is 22.8 Å². The van der Waals surface area contributed by atoms with Crippen LogP contribution >= 0.6 is 11.3 Å². The number of nitrogens with zero attached hydrogens (tertiary/aromatic N) is 2. The van der Waals surface area contributed by atoms with Gasteiger partial charge in [0.25, 0.3) is 10.0 Å². The summed E-state index contributed by atoms with van der Waals surface area (Å²) in [5.74, 6) is 0.115. The number of hydrogen-bond acceptors (Lipinski definition) is 7. The van der Waals surface area contributed by atoms with E-state index >= 15 is 0 Å². The van der Waals surface area contributed by atoms with Crippen LogP contribution in [0.15, 0.2) is 38.3 Å². The van der Waals surface area contributed by atoms with Gasteiger partial charge in [-0.1, -0.05) is 6.07 Å². The van der Waals surface area contributed by atoms with Gasteiger partial charge in [0.1, 0.15) is 4.21 Å². The summed E-state index contributed by atoms with van der Waals surface area (Å²) in [6, 6.07) is 5.63. The van der Waals surface area contributed by atoms with E-state index in [0.717, 1.165) is 17.6 Å². The Morgan fingerprint density at radius 2 is 2.17 bits per heavy atom. The SMILES string of the molecule is CCOc1cc(/C=N\S(=O)(=O)c2cccs2)cc([N+](=O)[O-])c1OC. The summed E-state index contributed by atoms with van der Waals surface area (Å²) >= 11 is 1.04. The average molecular weight is 370 g/mol. The molecule has 0 aliphatic rings. The summed E-state index contributed by atoms with van der Waals surface area (Å²) in [6.07, 6.45) is 1.05. The first-order chi connectivity index (χ1) is 11.4. The number of thiophene rings is 1. The summed E-state index contributed by atoms with van der Waals surface area (Å²) < 4.78 is 38.1. The van der Waals surface area contributed by atoms with Gasteiger partial charge >= 0.3 is 5.69 Å². The Balaban J connectivity index is 2.47. The molecule has 8 nitrogen and oxygen atoms in total. The molecule has 0 fully saturated rings. The molecule has 0 bridgehead atoms. The highest BCUT2D eigenvalue weighted by Crippen LogP contribution is 2.37. The minimum atomic E-state index is -3.84. The van der Waals surface area contributed by atoms with Crippen molar-refractivity contribution in [2.45, 2.75) is 11.1 Å². The lowest BCUT2D eigenvalue weighted by Gasteiger charge is -2.10.